The first-order chi connectivity index (χ1) is 13.1. The molecular formula is C20H20FN3O2S. The van der Waals surface area contributed by atoms with Crippen molar-refractivity contribution in [1.82, 2.24) is 4.90 Å². The maximum absolute atomic E-state index is 13.1. The topological polar surface area (TPSA) is 52.7 Å². The Hall–Kier alpha value is -2.54. The number of carbonyl (C=O) groups excluding carboxylic acids is 2. The number of piperazine rings is 1. The van der Waals surface area contributed by atoms with Crippen LogP contribution in [0.5, 0.6) is 0 Å². The van der Waals surface area contributed by atoms with E-state index in [-0.39, 0.29) is 24.1 Å². The molecule has 2 aromatic rings. The maximum atomic E-state index is 13.1. The van der Waals surface area contributed by atoms with Gasteiger partial charge in [0.05, 0.1) is 10.9 Å². The molecule has 2 amide bonds. The zero-order chi connectivity index (χ0) is 18.8. The second kappa shape index (κ2) is 7.60. The van der Waals surface area contributed by atoms with Crippen molar-refractivity contribution in [1.29, 1.82) is 0 Å². The van der Waals surface area contributed by atoms with Gasteiger partial charge in [-0.1, -0.05) is 12.1 Å². The third-order valence-corrected chi connectivity index (χ3v) is 6.17. The van der Waals surface area contributed by atoms with E-state index >= 15 is 0 Å². The largest absolute Gasteiger partial charge is 0.368 e. The van der Waals surface area contributed by atoms with E-state index in [1.54, 1.807) is 12.1 Å². The van der Waals surface area contributed by atoms with E-state index in [1.807, 2.05) is 29.2 Å². The van der Waals surface area contributed by atoms with Crippen LogP contribution in [-0.2, 0) is 9.59 Å². The molecule has 2 aliphatic heterocycles. The molecule has 27 heavy (non-hydrogen) atoms. The minimum Gasteiger partial charge on any atom is -0.368 e. The summed E-state index contributed by atoms with van der Waals surface area (Å²) in [5, 5.41) is 2.48. The summed E-state index contributed by atoms with van der Waals surface area (Å²) >= 11 is 1.45. The summed E-state index contributed by atoms with van der Waals surface area (Å²) in [6, 6.07) is 14.0. The summed E-state index contributed by atoms with van der Waals surface area (Å²) in [7, 11) is 0. The van der Waals surface area contributed by atoms with Crippen molar-refractivity contribution in [2.24, 2.45) is 0 Å². The van der Waals surface area contributed by atoms with Crippen molar-refractivity contribution in [3.05, 3.63) is 54.3 Å². The van der Waals surface area contributed by atoms with Crippen LogP contribution < -0.4 is 10.2 Å². The number of para-hydroxylation sites is 1. The van der Waals surface area contributed by atoms with Crippen LogP contribution in [0.25, 0.3) is 0 Å². The third-order valence-electron chi connectivity index (χ3n) is 4.89. The van der Waals surface area contributed by atoms with Gasteiger partial charge in [-0.2, -0.15) is 0 Å². The van der Waals surface area contributed by atoms with Gasteiger partial charge in [0, 0.05) is 43.2 Å². The summed E-state index contributed by atoms with van der Waals surface area (Å²) < 4.78 is 13.1. The van der Waals surface area contributed by atoms with Crippen LogP contribution in [-0.4, -0.2) is 48.1 Å². The fourth-order valence-corrected chi connectivity index (χ4v) is 4.48. The number of anilines is 2. The molecule has 1 atom stereocenters. The zero-order valence-electron chi connectivity index (χ0n) is 14.7. The van der Waals surface area contributed by atoms with Gasteiger partial charge in [0.15, 0.2) is 0 Å². The summed E-state index contributed by atoms with van der Waals surface area (Å²) in [5.74, 6) is -0.366. The molecule has 2 aliphatic rings. The van der Waals surface area contributed by atoms with Crippen molar-refractivity contribution < 1.29 is 14.0 Å². The minimum absolute atomic E-state index is 0.000729. The van der Waals surface area contributed by atoms with E-state index in [2.05, 4.69) is 10.2 Å². The Morgan fingerprint density at radius 3 is 2.52 bits per heavy atom. The van der Waals surface area contributed by atoms with Crippen molar-refractivity contribution in [3.8, 4) is 0 Å². The molecular weight excluding hydrogens is 365 g/mol. The van der Waals surface area contributed by atoms with E-state index < -0.39 is 5.25 Å². The van der Waals surface area contributed by atoms with Crippen molar-refractivity contribution in [3.63, 3.8) is 0 Å². The highest BCUT2D eigenvalue weighted by molar-refractivity contribution is 8.01. The number of nitrogens with one attached hydrogen (secondary N) is 1. The smallest absolute Gasteiger partial charge is 0.238 e. The summed E-state index contributed by atoms with van der Waals surface area (Å²) in [5.41, 5.74) is 1.77. The number of benzene rings is 2. The Kier molecular flexibility index (Phi) is 5.03. The van der Waals surface area contributed by atoms with Gasteiger partial charge in [-0.05, 0) is 36.4 Å². The number of thioether (sulfide) groups is 1. The number of hydrogen-bond acceptors (Lipinski definition) is 4. The second-order valence-corrected chi connectivity index (χ2v) is 7.88. The van der Waals surface area contributed by atoms with Crippen LogP contribution in [0, 0.1) is 5.82 Å². The molecule has 1 saturated heterocycles. The number of amides is 2. The number of hydrogen-bond donors (Lipinski definition) is 1. The van der Waals surface area contributed by atoms with Crippen molar-refractivity contribution in [2.45, 2.75) is 16.6 Å². The highest BCUT2D eigenvalue weighted by Crippen LogP contribution is 2.36. The molecule has 2 heterocycles. The molecule has 4 rings (SSSR count). The van der Waals surface area contributed by atoms with Gasteiger partial charge in [-0.3, -0.25) is 9.59 Å². The van der Waals surface area contributed by atoms with Gasteiger partial charge < -0.3 is 15.1 Å². The average Bonchev–Trinajstić information content (AvgIpc) is 2.69. The fourth-order valence-electron chi connectivity index (χ4n) is 3.38. The monoisotopic (exact) mass is 385 g/mol. The molecule has 1 unspecified atom stereocenters. The Labute approximate surface area is 161 Å². The third kappa shape index (κ3) is 3.93. The molecule has 0 radical (unpaired) electrons. The first kappa shape index (κ1) is 17.9. The predicted molar refractivity (Wildman–Crippen MR) is 105 cm³/mol. The van der Waals surface area contributed by atoms with Gasteiger partial charge in [0.2, 0.25) is 11.8 Å². The molecule has 0 bridgehead atoms. The van der Waals surface area contributed by atoms with Gasteiger partial charge >= 0.3 is 0 Å². The first-order valence-corrected chi connectivity index (χ1v) is 9.83. The zero-order valence-corrected chi connectivity index (χ0v) is 15.5. The SMILES string of the molecule is O=C1Nc2ccccc2SC1CC(=O)N1CCN(c2ccc(F)cc2)CC1. The average molecular weight is 385 g/mol. The summed E-state index contributed by atoms with van der Waals surface area (Å²) in [6.45, 7) is 2.60. The molecule has 7 heteroatoms. The molecule has 0 spiro atoms. The second-order valence-electron chi connectivity index (χ2n) is 6.64. The number of carbonyl (C=O) groups is 2. The molecule has 1 N–H and O–H groups in total. The Morgan fingerprint density at radius 2 is 1.78 bits per heavy atom. The maximum Gasteiger partial charge on any atom is 0.238 e. The minimum atomic E-state index is -0.400. The highest BCUT2D eigenvalue weighted by atomic mass is 32.2. The highest BCUT2D eigenvalue weighted by Gasteiger charge is 2.31. The predicted octanol–water partition coefficient (Wildman–Crippen LogP) is 2.98. The molecule has 1 fully saturated rings. The van der Waals surface area contributed by atoms with E-state index in [0.29, 0.717) is 26.2 Å². The quantitative estimate of drug-likeness (QED) is 0.883. The number of fused-ring (bicyclic) bond motifs is 1. The van der Waals surface area contributed by atoms with Crippen LogP contribution in [0.1, 0.15) is 6.42 Å². The van der Waals surface area contributed by atoms with E-state index in [4.69, 9.17) is 0 Å². The number of nitrogens with zero attached hydrogens (tertiary/aromatic N) is 2. The van der Waals surface area contributed by atoms with Crippen LogP contribution in [0.3, 0.4) is 0 Å². The first-order valence-electron chi connectivity index (χ1n) is 8.95. The van der Waals surface area contributed by atoms with Gasteiger partial charge in [-0.25, -0.2) is 4.39 Å². The standard InChI is InChI=1S/C20H20FN3O2S/c21-14-5-7-15(8-6-14)23-9-11-24(12-10-23)19(25)13-18-20(26)22-16-3-1-2-4-17(16)27-18/h1-8,18H,9-13H2,(H,22,26). The lowest BCUT2D eigenvalue weighted by Gasteiger charge is -2.36. The number of halogens is 1. The Morgan fingerprint density at radius 1 is 1.07 bits per heavy atom. The number of rotatable bonds is 3. The molecule has 2 aromatic carbocycles. The van der Waals surface area contributed by atoms with Crippen molar-refractivity contribution >= 4 is 35.0 Å². The van der Waals surface area contributed by atoms with Crippen LogP contribution >= 0.6 is 11.8 Å². The Balaban J connectivity index is 1.33. The van der Waals surface area contributed by atoms with Crippen LogP contribution in [0.2, 0.25) is 0 Å². The lowest BCUT2D eigenvalue weighted by molar-refractivity contribution is -0.132. The van der Waals surface area contributed by atoms with Crippen molar-refractivity contribution in [2.75, 3.05) is 36.4 Å². The lowest BCUT2D eigenvalue weighted by atomic mass is 10.2. The van der Waals surface area contributed by atoms with Crippen LogP contribution in [0.4, 0.5) is 15.8 Å². The molecule has 5 nitrogen and oxygen atoms in total. The van der Waals surface area contributed by atoms with Gasteiger partial charge in [-0.15, -0.1) is 11.8 Å². The van der Waals surface area contributed by atoms with E-state index in [9.17, 15) is 14.0 Å². The van der Waals surface area contributed by atoms with Gasteiger partial charge in [0.1, 0.15) is 5.82 Å². The van der Waals surface area contributed by atoms with E-state index in [1.165, 1.54) is 23.9 Å². The molecule has 140 valence electrons. The van der Waals surface area contributed by atoms with Gasteiger partial charge in [0.25, 0.3) is 0 Å². The molecule has 0 aromatic heterocycles. The van der Waals surface area contributed by atoms with E-state index in [0.717, 1.165) is 16.3 Å². The molecule has 0 saturated carbocycles. The fraction of sp³-hybridized carbons (Fsp3) is 0.300. The lowest BCUT2D eigenvalue weighted by Crippen LogP contribution is -2.49. The molecule has 0 aliphatic carbocycles. The van der Waals surface area contributed by atoms with Crippen LogP contribution in [0.15, 0.2) is 53.4 Å². The normalized spacial score (nSPS) is 19.4. The Bertz CT molecular complexity index is 851. The summed E-state index contributed by atoms with van der Waals surface area (Å²) in [4.78, 5) is 29.9. The summed E-state index contributed by atoms with van der Waals surface area (Å²) in [6.07, 6.45) is 0.196.